The second-order valence-electron chi connectivity index (χ2n) is 10.0. The molecule has 41 heavy (non-hydrogen) atoms. The van der Waals surface area contributed by atoms with Gasteiger partial charge in [-0.25, -0.2) is 0 Å². The van der Waals surface area contributed by atoms with Gasteiger partial charge in [0.1, 0.15) is 6.04 Å². The van der Waals surface area contributed by atoms with Crippen LogP contribution in [0.4, 0.5) is 0 Å². The Morgan fingerprint density at radius 1 is 0.634 bits per heavy atom. The molecule has 15 nitrogen and oxygen atoms in total. The number of carboxylic acid groups (broad SMARTS) is 4. The number of nitrogens with two attached hydrogens (primary N) is 1. The Balaban J connectivity index is 2.03. The summed E-state index contributed by atoms with van der Waals surface area (Å²) in [5.41, 5.74) is 7.14. The summed E-state index contributed by atoms with van der Waals surface area (Å²) < 4.78 is 0. The van der Waals surface area contributed by atoms with Crippen molar-refractivity contribution in [3.05, 3.63) is 35.4 Å². The van der Waals surface area contributed by atoms with Gasteiger partial charge in [0.25, 0.3) is 0 Å². The van der Waals surface area contributed by atoms with E-state index in [1.807, 2.05) is 4.90 Å². The fraction of sp³-hybridized carbons (Fsp3) is 0.577. The third-order valence-electron chi connectivity index (χ3n) is 6.66. The predicted octanol–water partition coefficient (Wildman–Crippen LogP) is -2.27. The van der Waals surface area contributed by atoms with Gasteiger partial charge in [-0.2, -0.15) is 0 Å². The van der Waals surface area contributed by atoms with E-state index in [1.165, 1.54) is 0 Å². The summed E-state index contributed by atoms with van der Waals surface area (Å²) in [6.07, 6.45) is 0.187. The van der Waals surface area contributed by atoms with Gasteiger partial charge in [-0.05, 0) is 17.5 Å². The standard InChI is InChI=1S/C26H40N6O9/c27-21(26(40)41)13-19-1-3-20(4-2-19)14-28-22(33)15-29-5-7-30(16-23(34)35)9-11-32(18-25(38)39)12-10-31(8-6-29)17-24(36)37/h1-4,21H,5-18,27H2,(H,28,33)(H,34,35)(H,36,37)(H,38,39)(H,40,41)/t21-/m0/s1. The summed E-state index contributed by atoms with van der Waals surface area (Å²) in [6.45, 7) is 2.05. The van der Waals surface area contributed by atoms with Crippen LogP contribution >= 0.6 is 0 Å². The molecule has 1 heterocycles. The van der Waals surface area contributed by atoms with Crippen LogP contribution < -0.4 is 11.1 Å². The monoisotopic (exact) mass is 580 g/mol. The minimum absolute atomic E-state index is 0.0124. The summed E-state index contributed by atoms with van der Waals surface area (Å²) in [4.78, 5) is 64.7. The van der Waals surface area contributed by atoms with Gasteiger partial charge in [-0.15, -0.1) is 0 Å². The van der Waals surface area contributed by atoms with E-state index >= 15 is 0 Å². The molecule has 1 amide bonds. The smallest absolute Gasteiger partial charge is 0.320 e. The molecule has 0 aromatic heterocycles. The SMILES string of the molecule is N[C@@H](Cc1ccc(CNC(=O)CN2CCN(CC(=O)O)CCN(CC(=O)O)CCN(CC(=O)O)CC2)cc1)C(=O)O. The number of carbonyl (C=O) groups excluding carboxylic acids is 1. The van der Waals surface area contributed by atoms with Crippen molar-refractivity contribution in [1.82, 2.24) is 24.9 Å². The van der Waals surface area contributed by atoms with Crippen molar-refractivity contribution in [3.8, 4) is 0 Å². The van der Waals surface area contributed by atoms with Gasteiger partial charge in [-0.1, -0.05) is 24.3 Å². The van der Waals surface area contributed by atoms with E-state index in [0.717, 1.165) is 11.1 Å². The number of nitrogens with one attached hydrogen (secondary N) is 1. The Morgan fingerprint density at radius 2 is 0.976 bits per heavy atom. The quantitative estimate of drug-likeness (QED) is 0.145. The molecule has 0 radical (unpaired) electrons. The van der Waals surface area contributed by atoms with Crippen molar-refractivity contribution in [3.63, 3.8) is 0 Å². The van der Waals surface area contributed by atoms with Crippen molar-refractivity contribution in [1.29, 1.82) is 0 Å². The van der Waals surface area contributed by atoms with Gasteiger partial charge in [-0.3, -0.25) is 43.6 Å². The van der Waals surface area contributed by atoms with Crippen molar-refractivity contribution >= 4 is 29.8 Å². The highest BCUT2D eigenvalue weighted by atomic mass is 16.4. The number of hydrogen-bond acceptors (Lipinski definition) is 10. The first-order valence-electron chi connectivity index (χ1n) is 13.3. The number of aliphatic carboxylic acids is 4. The summed E-state index contributed by atoms with van der Waals surface area (Å²) in [5, 5.41) is 39.7. The highest BCUT2D eigenvalue weighted by Crippen LogP contribution is 2.07. The number of nitrogens with zero attached hydrogens (tertiary/aromatic N) is 4. The lowest BCUT2D eigenvalue weighted by Gasteiger charge is -2.32. The lowest BCUT2D eigenvalue weighted by molar-refractivity contribution is -0.140. The first-order valence-corrected chi connectivity index (χ1v) is 13.3. The number of benzene rings is 1. The first kappa shape index (κ1) is 33.6. The van der Waals surface area contributed by atoms with Gasteiger partial charge < -0.3 is 31.5 Å². The zero-order valence-electron chi connectivity index (χ0n) is 23.0. The second kappa shape index (κ2) is 17.2. The van der Waals surface area contributed by atoms with Crippen LogP contribution in [-0.4, -0.2) is 154 Å². The third kappa shape index (κ3) is 14.0. The van der Waals surface area contributed by atoms with Gasteiger partial charge >= 0.3 is 23.9 Å². The minimum atomic E-state index is -1.08. The molecule has 0 aliphatic carbocycles. The number of carbonyl (C=O) groups is 5. The van der Waals surface area contributed by atoms with E-state index in [1.54, 1.807) is 39.0 Å². The Kier molecular flexibility index (Phi) is 14.1. The van der Waals surface area contributed by atoms with Crippen molar-refractivity contribution in [2.45, 2.75) is 19.0 Å². The van der Waals surface area contributed by atoms with Crippen LogP contribution in [0.15, 0.2) is 24.3 Å². The lowest BCUT2D eigenvalue weighted by atomic mass is 10.0. The Labute approximate surface area is 238 Å². The third-order valence-corrected chi connectivity index (χ3v) is 6.66. The number of carboxylic acids is 4. The molecule has 228 valence electrons. The van der Waals surface area contributed by atoms with E-state index in [4.69, 9.17) is 10.8 Å². The molecule has 0 bridgehead atoms. The summed E-state index contributed by atoms with van der Waals surface area (Å²) >= 11 is 0. The van der Waals surface area contributed by atoms with Crippen LogP contribution in [0.2, 0.25) is 0 Å². The largest absolute Gasteiger partial charge is 0.480 e. The van der Waals surface area contributed by atoms with E-state index in [2.05, 4.69) is 5.32 Å². The molecule has 2 rings (SSSR count). The molecule has 15 heteroatoms. The fourth-order valence-corrected chi connectivity index (χ4v) is 4.38. The van der Waals surface area contributed by atoms with Crippen LogP contribution in [0.3, 0.4) is 0 Å². The lowest BCUT2D eigenvalue weighted by Crippen LogP contribution is -2.49. The van der Waals surface area contributed by atoms with Crippen molar-refractivity contribution in [2.24, 2.45) is 5.73 Å². The molecule has 1 aliphatic heterocycles. The molecule has 1 atom stereocenters. The Bertz CT molecular complexity index is 1010. The molecule has 1 aromatic carbocycles. The maximum atomic E-state index is 12.8. The fourth-order valence-electron chi connectivity index (χ4n) is 4.38. The molecular formula is C26H40N6O9. The van der Waals surface area contributed by atoms with Gasteiger partial charge in [0.15, 0.2) is 0 Å². The minimum Gasteiger partial charge on any atom is -0.480 e. The van der Waals surface area contributed by atoms with Crippen LogP contribution in [0, 0.1) is 0 Å². The summed E-state index contributed by atoms with van der Waals surface area (Å²) in [7, 11) is 0. The molecule has 1 aliphatic rings. The number of hydrogen-bond donors (Lipinski definition) is 6. The average molecular weight is 581 g/mol. The molecule has 7 N–H and O–H groups in total. The average Bonchev–Trinajstić information content (AvgIpc) is 2.88. The molecule has 0 spiro atoms. The maximum Gasteiger partial charge on any atom is 0.320 e. The number of rotatable bonds is 13. The molecular weight excluding hydrogens is 540 g/mol. The topological polar surface area (TPSA) is 217 Å². The molecule has 1 fully saturated rings. The van der Waals surface area contributed by atoms with Gasteiger partial charge in [0.2, 0.25) is 5.91 Å². The van der Waals surface area contributed by atoms with Crippen molar-refractivity contribution in [2.75, 3.05) is 78.5 Å². The molecule has 0 unspecified atom stereocenters. The summed E-state index contributed by atoms with van der Waals surface area (Å²) in [6, 6.07) is 6.07. The van der Waals surface area contributed by atoms with Crippen LogP contribution in [0.1, 0.15) is 11.1 Å². The van der Waals surface area contributed by atoms with E-state index in [0.29, 0.717) is 52.4 Å². The Morgan fingerprint density at radius 3 is 1.32 bits per heavy atom. The van der Waals surface area contributed by atoms with Crippen LogP contribution in [0.5, 0.6) is 0 Å². The van der Waals surface area contributed by atoms with Crippen LogP contribution in [-0.2, 0) is 36.9 Å². The predicted molar refractivity (Wildman–Crippen MR) is 146 cm³/mol. The second-order valence-corrected chi connectivity index (χ2v) is 10.0. The van der Waals surface area contributed by atoms with E-state index in [9.17, 15) is 39.3 Å². The van der Waals surface area contributed by atoms with Gasteiger partial charge in [0.05, 0.1) is 26.2 Å². The zero-order valence-corrected chi connectivity index (χ0v) is 23.0. The Hall–Kier alpha value is -3.63. The first-order chi connectivity index (χ1) is 19.4. The normalized spacial score (nSPS) is 17.6. The zero-order chi connectivity index (χ0) is 30.4. The summed E-state index contributed by atoms with van der Waals surface area (Å²) in [5.74, 6) is -4.41. The van der Waals surface area contributed by atoms with Crippen LogP contribution in [0.25, 0.3) is 0 Å². The number of amides is 1. The van der Waals surface area contributed by atoms with E-state index < -0.39 is 29.9 Å². The highest BCUT2D eigenvalue weighted by Gasteiger charge is 2.21. The molecule has 1 aromatic rings. The molecule has 1 saturated heterocycles. The van der Waals surface area contributed by atoms with Crippen molar-refractivity contribution < 1.29 is 44.4 Å². The van der Waals surface area contributed by atoms with Gasteiger partial charge in [0, 0.05) is 58.9 Å². The highest BCUT2D eigenvalue weighted by molar-refractivity contribution is 5.78. The van der Waals surface area contributed by atoms with E-state index in [-0.39, 0.29) is 45.1 Å². The maximum absolute atomic E-state index is 12.8. The molecule has 0 saturated carbocycles.